The number of hydrogen-bond donors (Lipinski definition) is 0. The van der Waals surface area contributed by atoms with Crippen LogP contribution in [0.3, 0.4) is 0 Å². The average Bonchev–Trinajstić information content (AvgIpc) is 3.18. The number of methoxy groups -OCH3 is 1. The molecule has 0 N–H and O–H groups in total. The molecule has 3 aromatic carbocycles. The molecule has 1 atom stereocenters. The number of ether oxygens (including phenoxy) is 3. The highest BCUT2D eigenvalue weighted by Gasteiger charge is 2.38. The van der Waals surface area contributed by atoms with Gasteiger partial charge in [-0.1, -0.05) is 30.3 Å². The summed E-state index contributed by atoms with van der Waals surface area (Å²) in [6.45, 7) is 0. The fourth-order valence-electron chi connectivity index (χ4n) is 4.63. The van der Waals surface area contributed by atoms with Crippen LogP contribution >= 0.6 is 0 Å². The Morgan fingerprint density at radius 2 is 1.88 bits per heavy atom. The van der Waals surface area contributed by atoms with Crippen molar-refractivity contribution in [3.8, 4) is 17.2 Å². The Kier molecular flexibility index (Phi) is 4.66. The van der Waals surface area contributed by atoms with Gasteiger partial charge in [-0.3, -0.25) is 14.6 Å². The van der Waals surface area contributed by atoms with Crippen molar-refractivity contribution < 1.29 is 23.8 Å². The molecule has 0 aliphatic carbocycles. The normalized spacial score (nSPS) is 17.8. The van der Waals surface area contributed by atoms with Gasteiger partial charge in [-0.05, 0) is 48.0 Å². The summed E-state index contributed by atoms with van der Waals surface area (Å²) in [7, 11) is 1.58. The van der Waals surface area contributed by atoms with Crippen LogP contribution < -0.4 is 14.2 Å². The van der Waals surface area contributed by atoms with Gasteiger partial charge in [0.15, 0.2) is 5.76 Å². The number of benzene rings is 3. The summed E-state index contributed by atoms with van der Waals surface area (Å²) < 4.78 is 17.1. The van der Waals surface area contributed by atoms with Crippen molar-refractivity contribution >= 4 is 28.7 Å². The molecule has 0 bridgehead atoms. The Labute approximate surface area is 195 Å². The largest absolute Gasteiger partial charge is 0.496 e. The molecular weight excluding hydrogens is 430 g/mol. The van der Waals surface area contributed by atoms with E-state index in [9.17, 15) is 9.59 Å². The molecule has 0 saturated heterocycles. The van der Waals surface area contributed by atoms with Crippen molar-refractivity contribution in [3.63, 3.8) is 0 Å². The minimum absolute atomic E-state index is 0.151. The minimum Gasteiger partial charge on any atom is -0.496 e. The third kappa shape index (κ3) is 3.23. The first-order valence-electron chi connectivity index (χ1n) is 10.9. The zero-order valence-corrected chi connectivity index (χ0v) is 18.3. The van der Waals surface area contributed by atoms with E-state index in [0.717, 1.165) is 22.0 Å². The van der Waals surface area contributed by atoms with Gasteiger partial charge in [-0.2, -0.15) is 0 Å². The molecule has 0 spiro atoms. The Bertz CT molecular complexity index is 1520. The number of esters is 1. The van der Waals surface area contributed by atoms with E-state index < -0.39 is 0 Å². The molecule has 0 fully saturated rings. The second kappa shape index (κ2) is 7.85. The molecule has 34 heavy (non-hydrogen) atoms. The van der Waals surface area contributed by atoms with E-state index in [2.05, 4.69) is 4.98 Å². The van der Waals surface area contributed by atoms with Gasteiger partial charge in [-0.15, -0.1) is 0 Å². The predicted molar refractivity (Wildman–Crippen MR) is 126 cm³/mol. The van der Waals surface area contributed by atoms with Crippen LogP contribution in [0.15, 0.2) is 78.7 Å². The number of carbonyl (C=O) groups excluding carboxylic acids is 2. The molecule has 0 amide bonds. The number of ketones is 1. The SMILES string of the molecule is COc1ccccc1/C=C1\Oc2c(ccc3c2[C@H](c2ccc4ncccc4c2)CC(=O)O3)C1=O. The van der Waals surface area contributed by atoms with Gasteiger partial charge in [0.05, 0.1) is 24.6 Å². The second-order valence-electron chi connectivity index (χ2n) is 8.22. The van der Waals surface area contributed by atoms with Gasteiger partial charge in [-0.25, -0.2) is 0 Å². The standard InChI is InChI=1S/C28H19NO5/c1-32-22-7-3-2-5-18(22)14-24-27(31)19-9-11-23-26(28(19)34-24)20(15-25(30)33-23)16-8-10-21-17(13-16)6-4-12-29-21/h2-14,20H,15H2,1H3/b24-14-/t20-/m0/s1. The lowest BCUT2D eigenvalue weighted by Gasteiger charge is -2.26. The first-order valence-corrected chi connectivity index (χ1v) is 10.9. The highest BCUT2D eigenvalue weighted by molar-refractivity contribution is 6.15. The van der Waals surface area contributed by atoms with Gasteiger partial charge >= 0.3 is 5.97 Å². The summed E-state index contributed by atoms with van der Waals surface area (Å²) in [5.41, 5.74) is 3.70. The van der Waals surface area contributed by atoms with Gasteiger partial charge in [0.25, 0.3) is 0 Å². The van der Waals surface area contributed by atoms with Gasteiger partial charge in [0.1, 0.15) is 17.2 Å². The number of allylic oxidation sites excluding steroid dienone is 1. The van der Waals surface area contributed by atoms with E-state index in [1.165, 1.54) is 0 Å². The second-order valence-corrected chi connectivity index (χ2v) is 8.22. The lowest BCUT2D eigenvalue weighted by atomic mass is 9.84. The van der Waals surface area contributed by atoms with Crippen LogP contribution in [0.1, 0.15) is 39.4 Å². The van der Waals surface area contributed by atoms with Gasteiger partial charge < -0.3 is 14.2 Å². The number of Topliss-reactive ketones (excluding diaryl/α,β-unsaturated/α-hetero) is 1. The monoisotopic (exact) mass is 449 g/mol. The lowest BCUT2D eigenvalue weighted by Crippen LogP contribution is -2.21. The molecule has 3 heterocycles. The Morgan fingerprint density at radius 3 is 2.76 bits per heavy atom. The van der Waals surface area contributed by atoms with Crippen molar-refractivity contribution in [1.29, 1.82) is 0 Å². The maximum absolute atomic E-state index is 13.2. The Hall–Kier alpha value is -4.45. The molecule has 0 radical (unpaired) electrons. The van der Waals surface area contributed by atoms with Crippen molar-refractivity contribution in [3.05, 3.63) is 101 Å². The molecule has 166 valence electrons. The zero-order chi connectivity index (χ0) is 23.2. The number of carbonyl (C=O) groups is 2. The highest BCUT2D eigenvalue weighted by atomic mass is 16.5. The van der Waals surface area contributed by atoms with Crippen molar-refractivity contribution in [1.82, 2.24) is 4.98 Å². The molecule has 0 unspecified atom stereocenters. The molecule has 6 heteroatoms. The van der Waals surface area contributed by atoms with E-state index >= 15 is 0 Å². The maximum Gasteiger partial charge on any atom is 0.312 e. The minimum atomic E-state index is -0.321. The summed E-state index contributed by atoms with van der Waals surface area (Å²) in [4.78, 5) is 30.0. The topological polar surface area (TPSA) is 74.7 Å². The van der Waals surface area contributed by atoms with E-state index in [1.54, 1.807) is 31.5 Å². The summed E-state index contributed by atoms with van der Waals surface area (Å²) in [5.74, 6) is 0.839. The number of rotatable bonds is 3. The molecule has 6 nitrogen and oxygen atoms in total. The zero-order valence-electron chi connectivity index (χ0n) is 18.3. The van der Waals surface area contributed by atoms with Crippen LogP contribution in [0.2, 0.25) is 0 Å². The third-order valence-corrected chi connectivity index (χ3v) is 6.23. The van der Waals surface area contributed by atoms with Crippen LogP contribution in [0.25, 0.3) is 17.0 Å². The smallest absolute Gasteiger partial charge is 0.312 e. The first-order chi connectivity index (χ1) is 16.6. The van der Waals surface area contributed by atoms with Crippen molar-refractivity contribution in [2.75, 3.05) is 7.11 Å². The molecule has 2 aliphatic rings. The van der Waals surface area contributed by atoms with E-state index in [4.69, 9.17) is 14.2 Å². The first kappa shape index (κ1) is 20.2. The van der Waals surface area contributed by atoms with Gasteiger partial charge in [0.2, 0.25) is 5.78 Å². The Morgan fingerprint density at radius 1 is 1.00 bits per heavy atom. The number of para-hydroxylation sites is 1. The van der Waals surface area contributed by atoms with Crippen LogP contribution in [0, 0.1) is 0 Å². The summed E-state index contributed by atoms with van der Waals surface area (Å²) in [6.07, 6.45) is 3.58. The van der Waals surface area contributed by atoms with Crippen molar-refractivity contribution in [2.24, 2.45) is 0 Å². The molecular formula is C28H19NO5. The predicted octanol–water partition coefficient (Wildman–Crippen LogP) is 5.30. The third-order valence-electron chi connectivity index (χ3n) is 6.23. The molecule has 1 aromatic heterocycles. The quantitative estimate of drug-likeness (QED) is 0.240. The molecule has 6 rings (SSSR count). The number of nitrogens with zero attached hydrogens (tertiary/aromatic N) is 1. The highest BCUT2D eigenvalue weighted by Crippen LogP contribution is 2.49. The lowest BCUT2D eigenvalue weighted by molar-refractivity contribution is -0.135. The number of hydrogen-bond acceptors (Lipinski definition) is 6. The number of fused-ring (bicyclic) bond motifs is 4. The van der Waals surface area contributed by atoms with Crippen LogP contribution in [-0.4, -0.2) is 23.8 Å². The number of aromatic nitrogens is 1. The fraction of sp³-hybridized carbons (Fsp3) is 0.107. The average molecular weight is 449 g/mol. The van der Waals surface area contributed by atoms with Gasteiger partial charge in [0, 0.05) is 28.6 Å². The van der Waals surface area contributed by atoms with Crippen LogP contribution in [0.4, 0.5) is 0 Å². The van der Waals surface area contributed by atoms with E-state index in [0.29, 0.717) is 28.4 Å². The summed E-state index contributed by atoms with van der Waals surface area (Å²) in [5, 5.41) is 0.974. The molecule has 2 aliphatic heterocycles. The van der Waals surface area contributed by atoms with Crippen molar-refractivity contribution in [2.45, 2.75) is 12.3 Å². The Balaban J connectivity index is 1.47. The van der Waals surface area contributed by atoms with Crippen LogP contribution in [0.5, 0.6) is 17.2 Å². The fourth-order valence-corrected chi connectivity index (χ4v) is 4.63. The maximum atomic E-state index is 13.2. The molecule has 4 aromatic rings. The van der Waals surface area contributed by atoms with E-state index in [1.807, 2.05) is 54.6 Å². The summed E-state index contributed by atoms with van der Waals surface area (Å²) >= 11 is 0. The molecule has 0 saturated carbocycles. The van der Waals surface area contributed by atoms with E-state index in [-0.39, 0.29) is 29.9 Å². The van der Waals surface area contributed by atoms with Crippen LogP contribution in [-0.2, 0) is 4.79 Å². The number of pyridine rings is 1. The summed E-state index contributed by atoms with van der Waals surface area (Å²) in [6, 6.07) is 20.5.